The number of amides is 1. The number of hydrogen-bond acceptors (Lipinski definition) is 6. The van der Waals surface area contributed by atoms with Crippen molar-refractivity contribution in [1.29, 1.82) is 0 Å². The third-order valence-electron chi connectivity index (χ3n) is 6.47. The van der Waals surface area contributed by atoms with Crippen LogP contribution in [0.3, 0.4) is 0 Å². The van der Waals surface area contributed by atoms with E-state index in [1.165, 1.54) is 11.4 Å². The van der Waals surface area contributed by atoms with Crippen LogP contribution in [-0.2, 0) is 31.5 Å². The molecule has 0 unspecified atom stereocenters. The Morgan fingerprint density at radius 2 is 1.72 bits per heavy atom. The van der Waals surface area contributed by atoms with Crippen LogP contribution >= 0.6 is 0 Å². The summed E-state index contributed by atoms with van der Waals surface area (Å²) in [5.41, 5.74) is 2.03. The molecule has 0 fully saturated rings. The third-order valence-corrected chi connectivity index (χ3v) is 8.31. The van der Waals surface area contributed by atoms with E-state index in [-0.39, 0.29) is 29.4 Å². The van der Waals surface area contributed by atoms with Gasteiger partial charge in [0.2, 0.25) is 10.0 Å². The van der Waals surface area contributed by atoms with Crippen LogP contribution in [0, 0.1) is 0 Å². The first kappa shape index (κ1) is 28.1. The largest absolute Gasteiger partial charge is 0.496 e. The standard InChI is InChI=1S/C27H39N3O5S/c1-27(2,3)23-18-22(12-13-25(23)35-6)36(32,33)29-17-16-28(4)14-9-15-30(26(31)20-34-5)24-11-8-7-10-21(24)19-29/h7-8,10-13,18H,9,14-17,19-20H2,1-6H3. The van der Waals surface area contributed by atoms with Crippen molar-refractivity contribution in [2.24, 2.45) is 0 Å². The lowest BCUT2D eigenvalue weighted by molar-refractivity contribution is -0.122. The molecule has 3 rings (SSSR count). The van der Waals surface area contributed by atoms with E-state index in [1.54, 1.807) is 30.2 Å². The van der Waals surface area contributed by atoms with Crippen LogP contribution in [0.15, 0.2) is 47.4 Å². The van der Waals surface area contributed by atoms with Gasteiger partial charge in [-0.15, -0.1) is 0 Å². The number of hydrogen-bond donors (Lipinski definition) is 0. The van der Waals surface area contributed by atoms with Crippen LogP contribution in [0.5, 0.6) is 5.75 Å². The van der Waals surface area contributed by atoms with E-state index >= 15 is 0 Å². The number of likely N-dealkylation sites (N-methyl/N-ethyl adjacent to an activating group) is 1. The van der Waals surface area contributed by atoms with Crippen LogP contribution in [-0.4, -0.2) is 77.6 Å². The average Bonchev–Trinajstić information content (AvgIpc) is 2.86. The molecule has 198 valence electrons. The molecule has 9 heteroatoms. The smallest absolute Gasteiger partial charge is 0.252 e. The number of methoxy groups -OCH3 is 2. The summed E-state index contributed by atoms with van der Waals surface area (Å²) < 4.78 is 40.2. The summed E-state index contributed by atoms with van der Waals surface area (Å²) in [5, 5.41) is 0. The maximum Gasteiger partial charge on any atom is 0.252 e. The van der Waals surface area contributed by atoms with E-state index in [9.17, 15) is 13.2 Å². The Kier molecular flexibility index (Phi) is 9.16. The summed E-state index contributed by atoms with van der Waals surface area (Å²) in [6, 6.07) is 12.6. The highest BCUT2D eigenvalue weighted by molar-refractivity contribution is 7.89. The first-order valence-corrected chi connectivity index (χ1v) is 13.7. The Morgan fingerprint density at radius 1 is 1.00 bits per heavy atom. The van der Waals surface area contributed by atoms with Gasteiger partial charge in [-0.25, -0.2) is 8.42 Å². The van der Waals surface area contributed by atoms with Gasteiger partial charge in [0.1, 0.15) is 12.4 Å². The summed E-state index contributed by atoms with van der Waals surface area (Å²) in [5.74, 6) is 0.516. The van der Waals surface area contributed by atoms with E-state index in [4.69, 9.17) is 9.47 Å². The van der Waals surface area contributed by atoms with Gasteiger partial charge < -0.3 is 19.3 Å². The fourth-order valence-electron chi connectivity index (χ4n) is 4.44. The molecular weight excluding hydrogens is 478 g/mol. The van der Waals surface area contributed by atoms with Gasteiger partial charge in [0.25, 0.3) is 5.91 Å². The fraction of sp³-hybridized carbons (Fsp3) is 0.519. The number of fused-ring (bicyclic) bond motifs is 1. The lowest BCUT2D eigenvalue weighted by Crippen LogP contribution is -2.37. The zero-order valence-electron chi connectivity index (χ0n) is 22.3. The molecule has 8 nitrogen and oxygen atoms in total. The minimum absolute atomic E-state index is 0.0341. The van der Waals surface area contributed by atoms with Crippen LogP contribution in [0.1, 0.15) is 38.3 Å². The van der Waals surface area contributed by atoms with Gasteiger partial charge in [-0.3, -0.25) is 4.79 Å². The number of ether oxygens (including phenoxy) is 2. The highest BCUT2D eigenvalue weighted by atomic mass is 32.2. The van der Waals surface area contributed by atoms with E-state index in [0.717, 1.165) is 29.8 Å². The number of nitrogens with zero attached hydrogens (tertiary/aromatic N) is 3. The van der Waals surface area contributed by atoms with E-state index in [2.05, 4.69) is 4.90 Å². The molecule has 1 amide bonds. The molecule has 2 aromatic carbocycles. The van der Waals surface area contributed by atoms with Crippen molar-refractivity contribution in [3.63, 3.8) is 0 Å². The zero-order valence-corrected chi connectivity index (χ0v) is 23.1. The SMILES string of the molecule is COCC(=O)N1CCCN(C)CCN(S(=O)(=O)c2ccc(OC)c(C(C)(C)C)c2)Cc2ccccc21. The second-order valence-electron chi connectivity index (χ2n) is 10.2. The number of carbonyl (C=O) groups is 1. The molecule has 0 spiro atoms. The third kappa shape index (κ3) is 6.45. The van der Waals surface area contributed by atoms with Gasteiger partial charge in [-0.05, 0) is 55.3 Å². The number of para-hydroxylation sites is 1. The van der Waals surface area contributed by atoms with Crippen LogP contribution in [0.4, 0.5) is 5.69 Å². The molecule has 2 aromatic rings. The molecular formula is C27H39N3O5S. The molecule has 0 bridgehead atoms. The fourth-order valence-corrected chi connectivity index (χ4v) is 5.87. The second kappa shape index (κ2) is 11.7. The molecule has 0 radical (unpaired) electrons. The van der Waals surface area contributed by atoms with Gasteiger partial charge in [0, 0.05) is 44.5 Å². The normalized spacial score (nSPS) is 16.8. The van der Waals surface area contributed by atoms with E-state index < -0.39 is 10.0 Å². The lowest BCUT2D eigenvalue weighted by atomic mass is 9.86. The van der Waals surface area contributed by atoms with Crippen molar-refractivity contribution in [2.45, 2.75) is 44.0 Å². The number of rotatable bonds is 5. The predicted molar refractivity (Wildman–Crippen MR) is 142 cm³/mol. The lowest BCUT2D eigenvalue weighted by Gasteiger charge is -2.28. The summed E-state index contributed by atoms with van der Waals surface area (Å²) in [6.45, 7) is 8.40. The Hall–Kier alpha value is -2.46. The molecule has 1 aliphatic heterocycles. The molecule has 1 heterocycles. The molecule has 36 heavy (non-hydrogen) atoms. The molecule has 0 aliphatic carbocycles. The average molecular weight is 518 g/mol. The second-order valence-corrected chi connectivity index (χ2v) is 12.2. The zero-order chi connectivity index (χ0) is 26.5. The Morgan fingerprint density at radius 3 is 2.39 bits per heavy atom. The summed E-state index contributed by atoms with van der Waals surface area (Å²) in [6.07, 6.45) is 0.764. The van der Waals surface area contributed by atoms with Crippen molar-refractivity contribution >= 4 is 21.6 Å². The van der Waals surface area contributed by atoms with Gasteiger partial charge in [0.05, 0.1) is 12.0 Å². The minimum Gasteiger partial charge on any atom is -0.496 e. The minimum atomic E-state index is -3.84. The predicted octanol–water partition coefficient (Wildman–Crippen LogP) is 3.50. The Labute approximate surface area is 215 Å². The van der Waals surface area contributed by atoms with Crippen molar-refractivity contribution in [2.75, 3.05) is 59.0 Å². The Balaban J connectivity index is 2.08. The summed E-state index contributed by atoms with van der Waals surface area (Å²) >= 11 is 0. The van der Waals surface area contributed by atoms with Crippen molar-refractivity contribution in [1.82, 2.24) is 9.21 Å². The molecule has 0 saturated carbocycles. The van der Waals surface area contributed by atoms with Crippen LogP contribution in [0.2, 0.25) is 0 Å². The molecule has 1 aliphatic rings. The maximum atomic E-state index is 14.0. The van der Waals surface area contributed by atoms with Crippen molar-refractivity contribution < 1.29 is 22.7 Å². The quantitative estimate of drug-likeness (QED) is 0.604. The maximum absolute atomic E-state index is 14.0. The van der Waals surface area contributed by atoms with Gasteiger partial charge in [-0.1, -0.05) is 39.0 Å². The Bertz CT molecular complexity index is 1160. The number of anilines is 1. The van der Waals surface area contributed by atoms with Gasteiger partial charge in [-0.2, -0.15) is 4.31 Å². The van der Waals surface area contributed by atoms with Crippen molar-refractivity contribution in [3.05, 3.63) is 53.6 Å². The number of sulfonamides is 1. The first-order valence-electron chi connectivity index (χ1n) is 12.2. The highest BCUT2D eigenvalue weighted by Gasteiger charge is 2.30. The first-order chi connectivity index (χ1) is 17.0. The van der Waals surface area contributed by atoms with Crippen molar-refractivity contribution in [3.8, 4) is 5.75 Å². The summed E-state index contributed by atoms with van der Waals surface area (Å²) in [4.78, 5) is 17.0. The topological polar surface area (TPSA) is 79.4 Å². The molecule has 0 atom stereocenters. The monoisotopic (exact) mass is 517 g/mol. The number of carbonyl (C=O) groups excluding carboxylic acids is 1. The van der Waals surface area contributed by atoms with Crippen LogP contribution in [0.25, 0.3) is 0 Å². The van der Waals surface area contributed by atoms with Gasteiger partial charge >= 0.3 is 0 Å². The molecule has 0 saturated heterocycles. The summed E-state index contributed by atoms with van der Waals surface area (Å²) in [7, 11) is 1.23. The molecule has 0 aromatic heterocycles. The van der Waals surface area contributed by atoms with E-state index in [0.29, 0.717) is 25.4 Å². The van der Waals surface area contributed by atoms with E-state index in [1.807, 2.05) is 52.1 Å². The number of benzene rings is 2. The highest BCUT2D eigenvalue weighted by Crippen LogP contribution is 2.34. The molecule has 0 N–H and O–H groups in total. The van der Waals surface area contributed by atoms with Gasteiger partial charge in [0.15, 0.2) is 0 Å². The van der Waals surface area contributed by atoms with Crippen LogP contribution < -0.4 is 9.64 Å².